The SMILES string of the molecule is C/C=C/C[C@@H](C)[C@@H](OC(C)=O)[C@@H](C(=O)N[C@@H](CC)C(=O)OCCN(C)C(C)=O)N(C)C(=O)[C@H](C(C)C)N(C)C(=O)[C@H](CC(C)C)N(C)C(=O)[C@H](CC(C)C)N(C)C(=O)[C@@H](C)NC(=O)[C@H](C)NC(=O)[C@H](CC(C)C)N(C)C(=O)[C@@H](NC(=O)[C@H]([C@H](C)CS(C)(=O)=O)N(C)C(=O)[C@@H](CCCO[Si](c1ccccc1)(c1ccccc1)C(C)(C)C)N(C)C(=O)OC(C)(C)C)C(C)C. The van der Waals surface area contributed by atoms with E-state index in [2.05, 4.69) is 66.3 Å². The standard InChI is InChI=1S/C93H156N12O20SSi/c1-34-36-44-62(13)79(124-67(18)107)78(83(111)96-70(35-2)90(118)122-52-50-98(25)66(17)106)105(32)89(117)76(61(11)12)103(30)87(115)74(55-59(7)8)101(28)86(114)73(54-58(5)6)100(27)84(112)65(16)95-80(108)64(15)94-81(109)72(53-57(3)4)99(26)88(116)75(60(9)10)97-82(110)77(63(14)56-126(33,120)121)104(31)85(113)71(102(29)91(119)125-92(19,20)21)49-43-51-123-127(93(22,23)24,68-45-39-37-40-46-68)69-47-41-38-42-48-69/h34,36-42,45-48,57-65,70-79H,35,43-44,49-56H2,1-33H3,(H,94,109)(H,95,108)(H,96,111)(H,97,110)/b36-34+/t62-,63-,64+,65-,70+,71-,72+,73+,74+,75+,76+,77+,78+,79-/m1/s1. The number of nitrogens with one attached hydrogen (secondary N) is 4. The highest BCUT2D eigenvalue weighted by Gasteiger charge is 2.52. The van der Waals surface area contributed by atoms with Crippen molar-refractivity contribution in [3.8, 4) is 0 Å². The molecule has 0 saturated carbocycles. The van der Waals surface area contributed by atoms with E-state index >= 15 is 28.8 Å². The van der Waals surface area contributed by atoms with Crippen molar-refractivity contribution in [2.24, 2.45) is 41.4 Å². The number of likely N-dealkylation sites (N-methyl/N-ethyl adjacent to an activating group) is 8. The van der Waals surface area contributed by atoms with Crippen molar-refractivity contribution in [2.45, 2.75) is 294 Å². The van der Waals surface area contributed by atoms with Crippen LogP contribution in [0.25, 0.3) is 0 Å². The van der Waals surface area contributed by atoms with Gasteiger partial charge < -0.3 is 74.2 Å². The Labute approximate surface area is 758 Å². The zero-order chi connectivity index (χ0) is 97.7. The Hall–Kier alpha value is -9.31. The fourth-order valence-corrected chi connectivity index (χ4v) is 21.5. The fourth-order valence-electron chi connectivity index (χ4n) is 15.8. The van der Waals surface area contributed by atoms with Crippen LogP contribution < -0.4 is 31.6 Å². The molecule has 0 aliphatic rings. The van der Waals surface area contributed by atoms with Gasteiger partial charge in [0.15, 0.2) is 0 Å². The maximum Gasteiger partial charge on any atom is 0.410 e. The van der Waals surface area contributed by atoms with Gasteiger partial charge in [-0.2, -0.15) is 0 Å². The van der Waals surface area contributed by atoms with Gasteiger partial charge >= 0.3 is 18.0 Å². The van der Waals surface area contributed by atoms with Crippen molar-refractivity contribution in [1.29, 1.82) is 0 Å². The molecule has 0 heterocycles. The highest BCUT2D eigenvalue weighted by Crippen LogP contribution is 2.38. The highest BCUT2D eigenvalue weighted by molar-refractivity contribution is 7.90. The largest absolute Gasteiger partial charge is 0.462 e. The minimum atomic E-state index is -3.85. The molecule has 2 aromatic carbocycles. The first-order chi connectivity index (χ1) is 58.6. The first-order valence-electron chi connectivity index (χ1n) is 44.5. The van der Waals surface area contributed by atoms with Gasteiger partial charge in [0.2, 0.25) is 65.0 Å². The molecule has 2 rings (SSSR count). The summed E-state index contributed by atoms with van der Waals surface area (Å²) in [5, 5.41) is 12.6. The topological polar surface area (TPSA) is 384 Å². The van der Waals surface area contributed by atoms with E-state index in [1.54, 1.807) is 81.4 Å². The molecule has 0 radical (unpaired) electrons. The number of carbonyl (C=O) groups is 14. The number of hydrogen-bond acceptors (Lipinski definition) is 20. The fraction of sp³-hybridized carbons (Fsp3) is 0.699. The first kappa shape index (κ1) is 114. The minimum Gasteiger partial charge on any atom is -0.462 e. The molecule has 0 saturated heterocycles. The lowest BCUT2D eigenvalue weighted by molar-refractivity contribution is -0.164. The third-order valence-corrected chi connectivity index (χ3v) is 29.0. The third-order valence-electron chi connectivity index (χ3n) is 22.9. The number of esters is 2. The lowest BCUT2D eigenvalue weighted by Gasteiger charge is -2.43. The van der Waals surface area contributed by atoms with E-state index in [1.807, 2.05) is 77.9 Å². The number of amides is 12. The van der Waals surface area contributed by atoms with E-state index < -0.39 is 208 Å². The smallest absolute Gasteiger partial charge is 0.410 e. The van der Waals surface area contributed by atoms with Crippen LogP contribution in [0.2, 0.25) is 5.04 Å². The molecule has 0 bridgehead atoms. The number of benzene rings is 2. The number of allylic oxidation sites excluding steroid dienone is 2. The number of rotatable bonds is 49. The Morgan fingerprint density at radius 1 is 0.488 bits per heavy atom. The molecule has 2 aromatic rings. The second-order valence-electron chi connectivity index (χ2n) is 38.2. The van der Waals surface area contributed by atoms with E-state index in [9.17, 15) is 46.8 Å². The van der Waals surface area contributed by atoms with Gasteiger partial charge in [-0.1, -0.05) is 184 Å². The van der Waals surface area contributed by atoms with E-state index in [1.165, 1.54) is 104 Å². The Morgan fingerprint density at radius 3 is 1.38 bits per heavy atom. The van der Waals surface area contributed by atoms with Crippen LogP contribution >= 0.6 is 0 Å². The number of carbonyl (C=O) groups excluding carboxylic acids is 14. The molecule has 0 unspecified atom stereocenters. The van der Waals surface area contributed by atoms with Crippen molar-refractivity contribution in [3.05, 3.63) is 72.8 Å². The normalized spacial score (nSPS) is 15.4. The van der Waals surface area contributed by atoms with Crippen molar-refractivity contribution in [3.63, 3.8) is 0 Å². The molecular weight excluding hydrogens is 1670 g/mol. The molecule has 127 heavy (non-hydrogen) atoms. The molecule has 0 aromatic heterocycles. The van der Waals surface area contributed by atoms with Gasteiger partial charge in [-0.05, 0) is 143 Å². The van der Waals surface area contributed by atoms with Crippen molar-refractivity contribution in [1.82, 2.24) is 60.5 Å². The molecule has 14 atom stereocenters. The van der Waals surface area contributed by atoms with Gasteiger partial charge in [0.25, 0.3) is 8.32 Å². The molecule has 0 aliphatic carbocycles. The molecule has 12 amide bonds. The predicted octanol–water partition coefficient (Wildman–Crippen LogP) is 7.62. The van der Waals surface area contributed by atoms with Gasteiger partial charge in [-0.15, -0.1) is 0 Å². The number of hydrogen-bond donors (Lipinski definition) is 4. The van der Waals surface area contributed by atoms with E-state index in [0.29, 0.717) is 6.42 Å². The summed E-state index contributed by atoms with van der Waals surface area (Å²) in [5.41, 5.74) is -0.992. The van der Waals surface area contributed by atoms with E-state index in [-0.39, 0.29) is 81.9 Å². The number of nitrogens with zero attached hydrogens (tertiary/aromatic N) is 8. The van der Waals surface area contributed by atoms with Gasteiger partial charge in [-0.25, -0.2) is 18.0 Å². The maximum atomic E-state index is 15.4. The van der Waals surface area contributed by atoms with Crippen LogP contribution in [0.15, 0.2) is 72.8 Å². The van der Waals surface area contributed by atoms with Crippen LogP contribution in [0.5, 0.6) is 0 Å². The minimum absolute atomic E-state index is 0.00408. The average molecular weight is 1820 g/mol. The van der Waals surface area contributed by atoms with Gasteiger partial charge in [0, 0.05) is 83.1 Å². The zero-order valence-corrected chi connectivity index (χ0v) is 84.1. The Kier molecular flexibility index (Phi) is 45.8. The summed E-state index contributed by atoms with van der Waals surface area (Å²) in [6, 6.07) is 5.02. The summed E-state index contributed by atoms with van der Waals surface area (Å²) >= 11 is 0. The van der Waals surface area contributed by atoms with E-state index in [0.717, 1.165) is 43.2 Å². The molecule has 0 fully saturated rings. The zero-order valence-electron chi connectivity index (χ0n) is 82.3. The summed E-state index contributed by atoms with van der Waals surface area (Å²) in [5.74, 6) is -13.9. The van der Waals surface area contributed by atoms with Crippen LogP contribution in [-0.4, -0.2) is 305 Å². The maximum absolute atomic E-state index is 15.4. The number of sulfone groups is 1. The summed E-state index contributed by atoms with van der Waals surface area (Å²) < 4.78 is 50.7. The van der Waals surface area contributed by atoms with Crippen LogP contribution in [0.4, 0.5) is 4.79 Å². The molecule has 32 nitrogen and oxygen atoms in total. The average Bonchev–Trinajstić information content (AvgIpc) is 0.746. The van der Waals surface area contributed by atoms with Gasteiger partial charge in [0.1, 0.15) is 94.6 Å². The molecule has 0 aliphatic heterocycles. The third kappa shape index (κ3) is 33.6. The van der Waals surface area contributed by atoms with Crippen molar-refractivity contribution < 1.29 is 94.2 Å². The second-order valence-corrected chi connectivity index (χ2v) is 44.7. The van der Waals surface area contributed by atoms with Crippen LogP contribution in [0.3, 0.4) is 0 Å². The monoisotopic (exact) mass is 1820 g/mol. The number of ether oxygens (including phenoxy) is 3. The van der Waals surface area contributed by atoms with Gasteiger partial charge in [0.05, 0.1) is 12.3 Å². The predicted molar refractivity (Wildman–Crippen MR) is 495 cm³/mol. The Morgan fingerprint density at radius 2 is 0.937 bits per heavy atom. The quantitative estimate of drug-likeness (QED) is 0.0163. The molecule has 718 valence electrons. The van der Waals surface area contributed by atoms with E-state index in [4.69, 9.17) is 18.6 Å². The Bertz CT molecular complexity index is 4100. The first-order valence-corrected chi connectivity index (χ1v) is 48.4. The second kappa shape index (κ2) is 51.2. The van der Waals surface area contributed by atoms with Crippen molar-refractivity contribution in [2.75, 3.05) is 88.1 Å². The van der Waals surface area contributed by atoms with Crippen molar-refractivity contribution >= 4 is 112 Å². The summed E-state index contributed by atoms with van der Waals surface area (Å²) in [7, 11) is 4.28. The van der Waals surface area contributed by atoms with Crippen LogP contribution in [-0.2, 0) is 90.8 Å². The molecule has 34 heteroatoms. The van der Waals surface area contributed by atoms with Crippen LogP contribution in [0.1, 0.15) is 211 Å². The van der Waals surface area contributed by atoms with Gasteiger partial charge in [-0.3, -0.25) is 62.4 Å². The summed E-state index contributed by atoms with van der Waals surface area (Å²) in [6.07, 6.45) is 3.19. The highest BCUT2D eigenvalue weighted by atomic mass is 32.2. The lowest BCUT2D eigenvalue weighted by Crippen LogP contribution is -2.66. The Balaban J connectivity index is 2.62. The summed E-state index contributed by atoms with van der Waals surface area (Å²) in [4.78, 5) is 213. The molecular formula is C93H156N12O20SSi. The lowest BCUT2D eigenvalue weighted by atomic mass is 9.91. The molecule has 4 N–H and O–H groups in total. The van der Waals surface area contributed by atoms with Crippen LogP contribution in [0, 0.1) is 41.4 Å². The summed E-state index contributed by atoms with van der Waals surface area (Å²) in [6.45, 7) is 41.1. The molecule has 0 spiro atoms.